The summed E-state index contributed by atoms with van der Waals surface area (Å²) in [5, 5.41) is 13.6. The van der Waals surface area contributed by atoms with Crippen LogP contribution in [0.4, 0.5) is 4.39 Å². The number of primary amides is 1. The normalized spacial score (nSPS) is 21.0. The van der Waals surface area contributed by atoms with Gasteiger partial charge in [-0.1, -0.05) is 11.6 Å². The zero-order valence-electron chi connectivity index (χ0n) is 12.5. The molecule has 1 aliphatic heterocycles. The number of carbonyl (C=O) groups excluding carboxylic acids is 2. The van der Waals surface area contributed by atoms with E-state index in [2.05, 4.69) is 5.32 Å². The molecule has 1 unspecified atom stereocenters. The van der Waals surface area contributed by atoms with Crippen LogP contribution < -0.4 is 11.1 Å². The summed E-state index contributed by atoms with van der Waals surface area (Å²) in [6, 6.07) is 4.14. The van der Waals surface area contributed by atoms with Gasteiger partial charge in [0.05, 0.1) is 0 Å². The van der Waals surface area contributed by atoms with Crippen molar-refractivity contribution in [2.45, 2.75) is 25.0 Å². The fraction of sp³-hybridized carbons (Fsp3) is 0.467. The van der Waals surface area contributed by atoms with E-state index in [0.29, 0.717) is 12.1 Å². The Labute approximate surface area is 138 Å². The number of nitrogens with one attached hydrogen (secondary N) is 1. The summed E-state index contributed by atoms with van der Waals surface area (Å²) < 4.78 is 13.2. The van der Waals surface area contributed by atoms with Crippen LogP contribution in [0.1, 0.15) is 18.4 Å². The number of halogens is 2. The van der Waals surface area contributed by atoms with Gasteiger partial charge < -0.3 is 21.1 Å². The number of benzene rings is 1. The highest BCUT2D eigenvalue weighted by molar-refractivity contribution is 6.30. The molecule has 0 radical (unpaired) electrons. The first-order valence-electron chi connectivity index (χ1n) is 7.26. The Morgan fingerprint density at radius 2 is 2.22 bits per heavy atom. The van der Waals surface area contributed by atoms with E-state index in [1.807, 2.05) is 0 Å². The van der Waals surface area contributed by atoms with E-state index in [-0.39, 0.29) is 37.5 Å². The molecule has 0 bridgehead atoms. The first kappa shape index (κ1) is 17.7. The Kier molecular flexibility index (Phi) is 5.56. The average molecular weight is 344 g/mol. The second-order valence-electron chi connectivity index (χ2n) is 5.67. The number of nitrogens with zero attached hydrogens (tertiary/aromatic N) is 1. The average Bonchev–Trinajstić information content (AvgIpc) is 2.72. The lowest BCUT2D eigenvalue weighted by Gasteiger charge is -2.22. The molecule has 1 aromatic carbocycles. The Balaban J connectivity index is 1.87. The van der Waals surface area contributed by atoms with Crippen molar-refractivity contribution in [3.8, 4) is 0 Å². The molecule has 1 saturated heterocycles. The molecule has 4 N–H and O–H groups in total. The number of aliphatic hydroxyl groups is 1. The smallest absolute Gasteiger partial charge is 0.255 e. The maximum atomic E-state index is 13.2. The maximum absolute atomic E-state index is 13.2. The molecule has 1 aromatic rings. The molecule has 2 amide bonds. The number of carbonyl (C=O) groups is 2. The van der Waals surface area contributed by atoms with Gasteiger partial charge in [0, 0.05) is 44.0 Å². The summed E-state index contributed by atoms with van der Waals surface area (Å²) in [4.78, 5) is 24.4. The number of rotatable bonds is 7. The van der Waals surface area contributed by atoms with Crippen molar-refractivity contribution >= 4 is 23.4 Å². The Hall–Kier alpha value is -1.70. The third-order valence-corrected chi connectivity index (χ3v) is 4.00. The van der Waals surface area contributed by atoms with Crippen molar-refractivity contribution in [1.29, 1.82) is 0 Å². The predicted octanol–water partition coefficient (Wildman–Crippen LogP) is 0.408. The van der Waals surface area contributed by atoms with Gasteiger partial charge in [-0.2, -0.15) is 0 Å². The van der Waals surface area contributed by atoms with Crippen LogP contribution in [0.2, 0.25) is 5.02 Å². The minimum atomic E-state index is -1.52. The van der Waals surface area contributed by atoms with Crippen LogP contribution >= 0.6 is 11.6 Å². The van der Waals surface area contributed by atoms with E-state index in [1.165, 1.54) is 17.0 Å². The molecule has 1 fully saturated rings. The lowest BCUT2D eigenvalue weighted by Crippen LogP contribution is -2.47. The van der Waals surface area contributed by atoms with Crippen molar-refractivity contribution in [2.75, 3.05) is 19.6 Å². The summed E-state index contributed by atoms with van der Waals surface area (Å²) in [6.07, 6.45) is 0.332. The second kappa shape index (κ2) is 7.25. The molecule has 23 heavy (non-hydrogen) atoms. The Bertz CT molecular complexity index is 593. The van der Waals surface area contributed by atoms with E-state index in [0.717, 1.165) is 0 Å². The van der Waals surface area contributed by atoms with Gasteiger partial charge in [0.25, 0.3) is 5.91 Å². The minimum absolute atomic E-state index is 0.0348. The van der Waals surface area contributed by atoms with Gasteiger partial charge >= 0.3 is 0 Å². The molecule has 1 aliphatic rings. The molecule has 0 aromatic heterocycles. The third kappa shape index (κ3) is 4.63. The number of hydrogen-bond acceptors (Lipinski definition) is 4. The van der Waals surface area contributed by atoms with Crippen molar-refractivity contribution in [2.24, 2.45) is 5.73 Å². The van der Waals surface area contributed by atoms with Crippen LogP contribution in [0.25, 0.3) is 0 Å². The highest BCUT2D eigenvalue weighted by atomic mass is 35.5. The van der Waals surface area contributed by atoms with Gasteiger partial charge in [-0.25, -0.2) is 4.39 Å². The molecular formula is C15H19ClFN3O3. The molecule has 2 rings (SSSR count). The molecule has 126 valence electrons. The van der Waals surface area contributed by atoms with Crippen molar-refractivity contribution in [3.05, 3.63) is 34.6 Å². The van der Waals surface area contributed by atoms with Crippen LogP contribution in [-0.4, -0.2) is 47.1 Å². The summed E-state index contributed by atoms with van der Waals surface area (Å²) in [5.41, 5.74) is 4.16. The predicted molar refractivity (Wildman–Crippen MR) is 83.1 cm³/mol. The van der Waals surface area contributed by atoms with Crippen LogP contribution in [0.5, 0.6) is 0 Å². The van der Waals surface area contributed by atoms with Crippen molar-refractivity contribution in [1.82, 2.24) is 10.2 Å². The van der Waals surface area contributed by atoms with Gasteiger partial charge in [-0.15, -0.1) is 0 Å². The van der Waals surface area contributed by atoms with Gasteiger partial charge in [0.15, 0.2) is 5.60 Å². The molecule has 1 heterocycles. The highest BCUT2D eigenvalue weighted by Gasteiger charge is 2.44. The van der Waals surface area contributed by atoms with E-state index in [1.54, 1.807) is 6.07 Å². The molecule has 0 spiro atoms. The molecule has 0 aliphatic carbocycles. The third-order valence-electron chi connectivity index (χ3n) is 3.78. The highest BCUT2D eigenvalue weighted by Crippen LogP contribution is 2.23. The van der Waals surface area contributed by atoms with Crippen LogP contribution in [0.15, 0.2) is 18.2 Å². The number of hydrogen-bond donors (Lipinski definition) is 3. The largest absolute Gasteiger partial charge is 0.379 e. The van der Waals surface area contributed by atoms with Crippen LogP contribution in [-0.2, 0) is 16.1 Å². The summed E-state index contributed by atoms with van der Waals surface area (Å²) in [6.45, 7) is 0.882. The molecule has 6 nitrogen and oxygen atoms in total. The summed E-state index contributed by atoms with van der Waals surface area (Å²) >= 11 is 5.77. The zero-order chi connectivity index (χ0) is 17.0. The zero-order valence-corrected chi connectivity index (χ0v) is 13.3. The lowest BCUT2D eigenvalue weighted by atomic mass is 10.0. The minimum Gasteiger partial charge on any atom is -0.379 e. The fourth-order valence-electron chi connectivity index (χ4n) is 2.57. The molecule has 1 atom stereocenters. The summed E-state index contributed by atoms with van der Waals surface area (Å²) in [5.74, 6) is -1.36. The number of amides is 2. The van der Waals surface area contributed by atoms with E-state index < -0.39 is 23.2 Å². The van der Waals surface area contributed by atoms with Gasteiger partial charge in [0.2, 0.25) is 5.91 Å². The SMILES string of the molecule is NC(=O)CCN1CCC(O)(CNCc2cc(F)cc(Cl)c2)C1=O. The second-order valence-corrected chi connectivity index (χ2v) is 6.11. The number of nitrogens with two attached hydrogens (primary N) is 1. The van der Waals surface area contributed by atoms with Gasteiger partial charge in [0.1, 0.15) is 5.82 Å². The lowest BCUT2D eigenvalue weighted by molar-refractivity contribution is -0.143. The quantitative estimate of drug-likeness (QED) is 0.668. The molecule has 0 saturated carbocycles. The molecule has 8 heteroatoms. The van der Waals surface area contributed by atoms with Gasteiger partial charge in [-0.05, 0) is 23.8 Å². The first-order chi connectivity index (χ1) is 10.8. The first-order valence-corrected chi connectivity index (χ1v) is 7.64. The fourth-order valence-corrected chi connectivity index (χ4v) is 2.82. The standard InChI is InChI=1S/C15H19ClFN3O3/c16-11-5-10(6-12(17)7-11)8-19-9-15(23)2-4-20(14(15)22)3-1-13(18)21/h5-7,19,23H,1-4,8-9H2,(H2,18,21). The Morgan fingerprint density at radius 1 is 1.48 bits per heavy atom. The van der Waals surface area contributed by atoms with Crippen molar-refractivity contribution < 1.29 is 19.1 Å². The van der Waals surface area contributed by atoms with Crippen molar-refractivity contribution in [3.63, 3.8) is 0 Å². The Morgan fingerprint density at radius 3 is 2.87 bits per heavy atom. The van der Waals surface area contributed by atoms with E-state index in [9.17, 15) is 19.1 Å². The van der Waals surface area contributed by atoms with Crippen LogP contribution in [0, 0.1) is 5.82 Å². The van der Waals surface area contributed by atoms with Crippen LogP contribution in [0.3, 0.4) is 0 Å². The molecular weight excluding hydrogens is 325 g/mol. The number of likely N-dealkylation sites (tertiary alicyclic amines) is 1. The monoisotopic (exact) mass is 343 g/mol. The van der Waals surface area contributed by atoms with E-state index in [4.69, 9.17) is 17.3 Å². The topological polar surface area (TPSA) is 95.7 Å². The van der Waals surface area contributed by atoms with Gasteiger partial charge in [-0.3, -0.25) is 9.59 Å². The van der Waals surface area contributed by atoms with E-state index >= 15 is 0 Å². The summed E-state index contributed by atoms with van der Waals surface area (Å²) in [7, 11) is 0. The maximum Gasteiger partial charge on any atom is 0.255 e.